The summed E-state index contributed by atoms with van der Waals surface area (Å²) in [7, 11) is 0. The fraction of sp³-hybridized carbons (Fsp3) is 1.00. The van der Waals surface area contributed by atoms with Crippen molar-refractivity contribution in [1.82, 2.24) is 0 Å². The summed E-state index contributed by atoms with van der Waals surface area (Å²) in [6, 6.07) is 0. The van der Waals surface area contributed by atoms with E-state index in [2.05, 4.69) is 13.8 Å². The van der Waals surface area contributed by atoms with Gasteiger partial charge in [0.15, 0.2) is 0 Å². The monoisotopic (exact) mass is 262 g/mol. The van der Waals surface area contributed by atoms with Gasteiger partial charge < -0.3 is 0 Å². The third kappa shape index (κ3) is 10.8. The van der Waals surface area contributed by atoms with Gasteiger partial charge in [0, 0.05) is 0 Å². The number of hydrogen-bond acceptors (Lipinski definition) is 0. The summed E-state index contributed by atoms with van der Waals surface area (Å²) in [5, 5.41) is 0. The molecule has 11 heavy (non-hydrogen) atoms. The second-order valence-electron chi connectivity index (χ2n) is 3.12. The van der Waals surface area contributed by atoms with Crippen LogP contribution in [-0.2, 0) is 0 Å². The molecule has 0 atom stereocenters. The fourth-order valence-electron chi connectivity index (χ4n) is 1.21. The first-order valence-corrected chi connectivity index (χ1v) is 9.16. The summed E-state index contributed by atoms with van der Waals surface area (Å²) >= 11 is 0.146. The van der Waals surface area contributed by atoms with Gasteiger partial charge in [-0.25, -0.2) is 0 Å². The SMILES string of the molecule is CCCCCCC[CH2][Sn][CH2]C. The van der Waals surface area contributed by atoms with Crippen LogP contribution < -0.4 is 0 Å². The predicted octanol–water partition coefficient (Wildman–Crippen LogP) is 3.91. The van der Waals surface area contributed by atoms with Crippen molar-refractivity contribution < 1.29 is 0 Å². The van der Waals surface area contributed by atoms with Crippen LogP contribution in [0.1, 0.15) is 52.4 Å². The number of hydrogen-bond donors (Lipinski definition) is 0. The van der Waals surface area contributed by atoms with Crippen molar-refractivity contribution in [2.45, 2.75) is 61.2 Å². The van der Waals surface area contributed by atoms with Gasteiger partial charge in [0.2, 0.25) is 0 Å². The van der Waals surface area contributed by atoms with Crippen LogP contribution in [0.25, 0.3) is 0 Å². The van der Waals surface area contributed by atoms with Gasteiger partial charge in [0.25, 0.3) is 0 Å². The summed E-state index contributed by atoms with van der Waals surface area (Å²) in [4.78, 5) is 0. The van der Waals surface area contributed by atoms with Crippen LogP contribution in [0.5, 0.6) is 0 Å². The van der Waals surface area contributed by atoms with Crippen molar-refractivity contribution >= 4 is 21.1 Å². The zero-order valence-corrected chi connectivity index (χ0v) is 11.0. The first-order chi connectivity index (χ1) is 5.41. The summed E-state index contributed by atoms with van der Waals surface area (Å²) in [5.41, 5.74) is 0. The van der Waals surface area contributed by atoms with E-state index in [9.17, 15) is 0 Å². The molecule has 0 aliphatic heterocycles. The Morgan fingerprint density at radius 1 is 0.818 bits per heavy atom. The Morgan fingerprint density at radius 2 is 1.45 bits per heavy atom. The van der Waals surface area contributed by atoms with Crippen LogP contribution in [-0.4, -0.2) is 21.1 Å². The summed E-state index contributed by atoms with van der Waals surface area (Å²) < 4.78 is 3.17. The normalized spacial score (nSPS) is 10.4. The minimum absolute atomic E-state index is 0.146. The second-order valence-corrected chi connectivity index (χ2v) is 7.99. The molecule has 0 bridgehead atoms. The van der Waals surface area contributed by atoms with Crippen LogP contribution in [0.2, 0.25) is 8.87 Å². The molecule has 0 aliphatic rings. The van der Waals surface area contributed by atoms with E-state index in [1.807, 2.05) is 0 Å². The molecule has 2 radical (unpaired) electrons. The Bertz CT molecular complexity index is 53.9. The van der Waals surface area contributed by atoms with Gasteiger partial charge in [-0.05, 0) is 0 Å². The van der Waals surface area contributed by atoms with E-state index in [-0.39, 0.29) is 21.1 Å². The first kappa shape index (κ1) is 11.8. The van der Waals surface area contributed by atoms with E-state index in [1.54, 1.807) is 15.3 Å². The van der Waals surface area contributed by atoms with Crippen LogP contribution in [0.15, 0.2) is 0 Å². The molecule has 0 aromatic rings. The molecule has 0 aliphatic carbocycles. The molecule has 0 saturated heterocycles. The Morgan fingerprint density at radius 3 is 2.09 bits per heavy atom. The molecule has 0 spiro atoms. The van der Waals surface area contributed by atoms with Crippen LogP contribution in [0.4, 0.5) is 0 Å². The van der Waals surface area contributed by atoms with Crippen molar-refractivity contribution in [3.63, 3.8) is 0 Å². The van der Waals surface area contributed by atoms with Crippen molar-refractivity contribution in [3.8, 4) is 0 Å². The molecule has 0 saturated carbocycles. The molecule has 66 valence electrons. The molecule has 0 amide bonds. The topological polar surface area (TPSA) is 0 Å². The molecule has 0 heterocycles. The third-order valence-electron chi connectivity index (χ3n) is 1.96. The van der Waals surface area contributed by atoms with E-state index < -0.39 is 0 Å². The first-order valence-electron chi connectivity index (χ1n) is 5.12. The zero-order valence-electron chi connectivity index (χ0n) is 8.16. The molecule has 0 nitrogen and oxygen atoms in total. The molecule has 0 aromatic heterocycles. The number of rotatable bonds is 8. The predicted molar refractivity (Wildman–Crippen MR) is 54.4 cm³/mol. The van der Waals surface area contributed by atoms with E-state index in [1.165, 1.54) is 32.1 Å². The van der Waals surface area contributed by atoms with Crippen LogP contribution in [0.3, 0.4) is 0 Å². The molecular weight excluding hydrogens is 239 g/mol. The maximum absolute atomic E-state index is 2.35. The van der Waals surface area contributed by atoms with Gasteiger partial charge in [0.05, 0.1) is 0 Å². The van der Waals surface area contributed by atoms with E-state index in [4.69, 9.17) is 0 Å². The molecule has 0 N–H and O–H groups in total. The quantitative estimate of drug-likeness (QED) is 0.459. The van der Waals surface area contributed by atoms with Gasteiger partial charge in [0.1, 0.15) is 0 Å². The molecule has 1 heteroatoms. The molecule has 0 aromatic carbocycles. The van der Waals surface area contributed by atoms with Crippen molar-refractivity contribution in [3.05, 3.63) is 0 Å². The Labute approximate surface area is 82.4 Å². The van der Waals surface area contributed by atoms with Gasteiger partial charge >= 0.3 is 82.4 Å². The van der Waals surface area contributed by atoms with Gasteiger partial charge in [-0.15, -0.1) is 0 Å². The Hall–Kier alpha value is 0.799. The zero-order chi connectivity index (χ0) is 8.36. The van der Waals surface area contributed by atoms with Crippen molar-refractivity contribution in [1.29, 1.82) is 0 Å². The molecule has 0 rings (SSSR count). The van der Waals surface area contributed by atoms with E-state index in [0.29, 0.717) is 0 Å². The average molecular weight is 261 g/mol. The van der Waals surface area contributed by atoms with Gasteiger partial charge in [-0.3, -0.25) is 0 Å². The van der Waals surface area contributed by atoms with Crippen molar-refractivity contribution in [2.24, 2.45) is 0 Å². The van der Waals surface area contributed by atoms with Crippen LogP contribution in [0, 0.1) is 0 Å². The van der Waals surface area contributed by atoms with Gasteiger partial charge in [-0.1, -0.05) is 0 Å². The molecule has 0 unspecified atom stereocenters. The standard InChI is InChI=1S/C8H17.C2H5.Sn/c1-3-5-7-8-6-4-2;1-2;/h1,3-8H2,2H3;1H2,2H3;. The second kappa shape index (κ2) is 10.8. The molecular formula is C10H22Sn. The third-order valence-corrected chi connectivity index (χ3v) is 5.40. The average Bonchev–Trinajstić information content (AvgIpc) is 2.03. The Kier molecular flexibility index (Phi) is 11.6. The number of unbranched alkanes of at least 4 members (excludes halogenated alkanes) is 5. The summed E-state index contributed by atoms with van der Waals surface area (Å²) in [6.45, 7) is 4.63. The Balaban J connectivity index is 2.69. The van der Waals surface area contributed by atoms with E-state index >= 15 is 0 Å². The van der Waals surface area contributed by atoms with E-state index in [0.717, 1.165) is 0 Å². The fourth-order valence-corrected chi connectivity index (χ4v) is 3.64. The maximum atomic E-state index is 2.35. The molecule has 0 fully saturated rings. The van der Waals surface area contributed by atoms with Crippen LogP contribution >= 0.6 is 0 Å². The van der Waals surface area contributed by atoms with Gasteiger partial charge in [-0.2, -0.15) is 0 Å². The minimum atomic E-state index is 0.146. The summed E-state index contributed by atoms with van der Waals surface area (Å²) in [6.07, 6.45) is 8.87. The van der Waals surface area contributed by atoms with Crippen molar-refractivity contribution in [2.75, 3.05) is 0 Å². The summed E-state index contributed by atoms with van der Waals surface area (Å²) in [5.74, 6) is 0.